The Kier molecular flexibility index (Phi) is 3.44. The smallest absolute Gasteiger partial charge is 0.119 e. The molecule has 0 aromatic carbocycles. The van der Waals surface area contributed by atoms with Gasteiger partial charge in [0.15, 0.2) is 0 Å². The lowest BCUT2D eigenvalue weighted by molar-refractivity contribution is 0.195. The zero-order valence-corrected chi connectivity index (χ0v) is 5.96. The molecule has 0 spiro atoms. The van der Waals surface area contributed by atoms with Crippen LogP contribution < -0.4 is 0 Å². The summed E-state index contributed by atoms with van der Waals surface area (Å²) in [6.07, 6.45) is 7.58. The van der Waals surface area contributed by atoms with Crippen LogP contribution in [0.1, 0.15) is 0 Å². The predicted octanol–water partition coefficient (Wildman–Crippen LogP) is 1.83. The lowest BCUT2D eigenvalue weighted by Crippen LogP contribution is -2.17. The molecule has 0 fully saturated rings. The molecule has 0 atom stereocenters. The third-order valence-corrected chi connectivity index (χ3v) is 1.15. The summed E-state index contributed by atoms with van der Waals surface area (Å²) >= 11 is 0. The molecule has 0 radical (unpaired) electrons. The van der Waals surface area contributed by atoms with Gasteiger partial charge < -0.3 is 5.11 Å². The first-order chi connectivity index (χ1) is 4.68. The second-order valence-corrected chi connectivity index (χ2v) is 1.89. The van der Waals surface area contributed by atoms with Crippen molar-refractivity contribution < 1.29 is 5.11 Å². The molecule has 1 heteroatoms. The molecule has 0 aliphatic carbocycles. The van der Waals surface area contributed by atoms with Crippen molar-refractivity contribution >= 4 is 0 Å². The van der Waals surface area contributed by atoms with Crippen LogP contribution in [-0.2, 0) is 0 Å². The fourth-order valence-electron chi connectivity index (χ4n) is 0.442. The minimum absolute atomic E-state index is 1.09. The van der Waals surface area contributed by atoms with Crippen molar-refractivity contribution in [3.8, 4) is 0 Å². The molecule has 0 bridgehead atoms. The highest BCUT2D eigenvalue weighted by Gasteiger charge is 2.11. The molecular weight excluding hydrogens is 124 g/mol. The van der Waals surface area contributed by atoms with Crippen LogP contribution in [0.4, 0.5) is 0 Å². The van der Waals surface area contributed by atoms with E-state index in [4.69, 9.17) is 0 Å². The van der Waals surface area contributed by atoms with E-state index in [2.05, 4.69) is 19.7 Å². The van der Waals surface area contributed by atoms with E-state index in [1.807, 2.05) is 0 Å². The van der Waals surface area contributed by atoms with Crippen molar-refractivity contribution in [1.29, 1.82) is 0 Å². The summed E-state index contributed by atoms with van der Waals surface area (Å²) in [5, 5.41) is 9.39. The summed E-state index contributed by atoms with van der Waals surface area (Å²) in [7, 11) is 0. The van der Waals surface area contributed by atoms with Gasteiger partial charge in [-0.1, -0.05) is 44.0 Å². The van der Waals surface area contributed by atoms with E-state index in [1.54, 1.807) is 18.2 Å². The highest BCUT2D eigenvalue weighted by atomic mass is 16.3. The lowest BCUT2D eigenvalue weighted by Gasteiger charge is -2.12. The van der Waals surface area contributed by atoms with Gasteiger partial charge in [-0.2, -0.15) is 0 Å². The Morgan fingerprint density at radius 2 is 1.60 bits per heavy atom. The SMILES string of the molecule is C=CC=CC(O)(C=C)C=C. The second kappa shape index (κ2) is 3.85. The summed E-state index contributed by atoms with van der Waals surface area (Å²) in [5.74, 6) is 0. The Bertz CT molecular complexity index is 158. The molecule has 0 heterocycles. The number of hydrogen-bond acceptors (Lipinski definition) is 1. The Morgan fingerprint density at radius 1 is 1.10 bits per heavy atom. The topological polar surface area (TPSA) is 20.2 Å². The molecule has 0 aliphatic rings. The maximum atomic E-state index is 9.39. The lowest BCUT2D eigenvalue weighted by atomic mass is 10.0. The van der Waals surface area contributed by atoms with Crippen LogP contribution >= 0.6 is 0 Å². The summed E-state index contributed by atoms with van der Waals surface area (Å²) in [5.41, 5.74) is -1.09. The minimum atomic E-state index is -1.09. The highest BCUT2D eigenvalue weighted by molar-refractivity contribution is 5.22. The zero-order chi connectivity index (χ0) is 8.04. The molecule has 0 aromatic rings. The highest BCUT2D eigenvalue weighted by Crippen LogP contribution is 2.08. The van der Waals surface area contributed by atoms with Crippen molar-refractivity contribution in [1.82, 2.24) is 0 Å². The van der Waals surface area contributed by atoms with E-state index in [0.717, 1.165) is 0 Å². The quantitative estimate of drug-likeness (QED) is 0.461. The molecule has 0 unspecified atom stereocenters. The zero-order valence-electron chi connectivity index (χ0n) is 5.96. The Balaban J connectivity index is 4.32. The van der Waals surface area contributed by atoms with Gasteiger partial charge in [0.05, 0.1) is 0 Å². The van der Waals surface area contributed by atoms with E-state index in [0.29, 0.717) is 0 Å². The second-order valence-electron chi connectivity index (χ2n) is 1.89. The standard InChI is InChI=1S/C9H12O/c1-4-7-8-9(10,5-2)6-3/h4-8,10H,1-3H2. The molecule has 0 saturated heterocycles. The molecule has 0 aromatic heterocycles. The molecule has 1 N–H and O–H groups in total. The van der Waals surface area contributed by atoms with Gasteiger partial charge in [0, 0.05) is 0 Å². The Morgan fingerprint density at radius 3 is 1.90 bits per heavy atom. The summed E-state index contributed by atoms with van der Waals surface area (Å²) < 4.78 is 0. The van der Waals surface area contributed by atoms with Crippen LogP contribution in [0.5, 0.6) is 0 Å². The maximum absolute atomic E-state index is 9.39. The van der Waals surface area contributed by atoms with Crippen molar-refractivity contribution in [3.05, 3.63) is 50.1 Å². The Labute approximate surface area is 61.7 Å². The van der Waals surface area contributed by atoms with Gasteiger partial charge in [0.2, 0.25) is 0 Å². The van der Waals surface area contributed by atoms with E-state index >= 15 is 0 Å². The number of hydrogen-bond donors (Lipinski definition) is 1. The molecular formula is C9H12O. The van der Waals surface area contributed by atoms with E-state index in [1.165, 1.54) is 12.2 Å². The average Bonchev–Trinajstić information content (AvgIpc) is 2.00. The van der Waals surface area contributed by atoms with Crippen LogP contribution in [0, 0.1) is 0 Å². The molecule has 0 amide bonds. The van der Waals surface area contributed by atoms with Crippen molar-refractivity contribution in [2.45, 2.75) is 5.60 Å². The van der Waals surface area contributed by atoms with Gasteiger partial charge >= 0.3 is 0 Å². The van der Waals surface area contributed by atoms with Gasteiger partial charge in [-0.3, -0.25) is 0 Å². The normalized spacial score (nSPS) is 11.3. The van der Waals surface area contributed by atoms with E-state index < -0.39 is 5.60 Å². The first-order valence-corrected chi connectivity index (χ1v) is 2.98. The van der Waals surface area contributed by atoms with Crippen LogP contribution in [-0.4, -0.2) is 10.7 Å². The first kappa shape index (κ1) is 8.92. The van der Waals surface area contributed by atoms with Gasteiger partial charge in [0.25, 0.3) is 0 Å². The molecule has 0 saturated carbocycles. The monoisotopic (exact) mass is 136 g/mol. The Hall–Kier alpha value is -1.08. The number of aliphatic hydroxyl groups is 1. The molecule has 54 valence electrons. The van der Waals surface area contributed by atoms with Gasteiger partial charge in [-0.25, -0.2) is 0 Å². The van der Waals surface area contributed by atoms with Crippen LogP contribution in [0.25, 0.3) is 0 Å². The van der Waals surface area contributed by atoms with Gasteiger partial charge in [0.1, 0.15) is 5.60 Å². The summed E-state index contributed by atoms with van der Waals surface area (Å²) in [4.78, 5) is 0. The molecule has 1 nitrogen and oxygen atoms in total. The third-order valence-electron chi connectivity index (χ3n) is 1.15. The number of allylic oxidation sites excluding steroid dienone is 2. The average molecular weight is 136 g/mol. The van der Waals surface area contributed by atoms with Gasteiger partial charge in [-0.05, 0) is 6.08 Å². The number of rotatable bonds is 4. The van der Waals surface area contributed by atoms with Crippen LogP contribution in [0.15, 0.2) is 50.1 Å². The molecule has 0 rings (SSSR count). The third kappa shape index (κ3) is 2.46. The van der Waals surface area contributed by atoms with Crippen molar-refractivity contribution in [3.63, 3.8) is 0 Å². The summed E-state index contributed by atoms with van der Waals surface area (Å²) in [6, 6.07) is 0. The van der Waals surface area contributed by atoms with Crippen LogP contribution in [0.2, 0.25) is 0 Å². The van der Waals surface area contributed by atoms with Crippen molar-refractivity contribution in [2.24, 2.45) is 0 Å². The minimum Gasteiger partial charge on any atom is -0.378 e. The predicted molar refractivity (Wildman–Crippen MR) is 44.7 cm³/mol. The maximum Gasteiger partial charge on any atom is 0.119 e. The van der Waals surface area contributed by atoms with Gasteiger partial charge in [-0.15, -0.1) is 0 Å². The first-order valence-electron chi connectivity index (χ1n) is 2.98. The van der Waals surface area contributed by atoms with E-state index in [9.17, 15) is 5.11 Å². The van der Waals surface area contributed by atoms with Crippen molar-refractivity contribution in [2.75, 3.05) is 0 Å². The largest absolute Gasteiger partial charge is 0.378 e. The van der Waals surface area contributed by atoms with E-state index in [-0.39, 0.29) is 0 Å². The van der Waals surface area contributed by atoms with Crippen LogP contribution in [0.3, 0.4) is 0 Å². The fraction of sp³-hybridized carbons (Fsp3) is 0.111. The molecule has 0 aliphatic heterocycles. The fourth-order valence-corrected chi connectivity index (χ4v) is 0.442. The summed E-state index contributed by atoms with van der Waals surface area (Å²) in [6.45, 7) is 10.4. The molecule has 10 heavy (non-hydrogen) atoms.